The maximum absolute atomic E-state index is 4.21. The minimum atomic E-state index is 0.673. The Bertz CT molecular complexity index is 916. The Morgan fingerprint density at radius 3 is 1.97 bits per heavy atom. The van der Waals surface area contributed by atoms with Crippen molar-refractivity contribution < 1.29 is 0 Å². The van der Waals surface area contributed by atoms with Crippen LogP contribution in [0.4, 0.5) is 0 Å². The van der Waals surface area contributed by atoms with Gasteiger partial charge in [0.15, 0.2) is 0 Å². The number of aryl methyl sites for hydroxylation is 1. The molecule has 1 aliphatic heterocycles. The summed E-state index contributed by atoms with van der Waals surface area (Å²) >= 11 is 0. The number of nitrogens with zero attached hydrogens (tertiary/aromatic N) is 2. The molecule has 3 aromatic rings. The van der Waals surface area contributed by atoms with E-state index in [4.69, 9.17) is 0 Å². The summed E-state index contributed by atoms with van der Waals surface area (Å²) in [5.74, 6) is 0.673. The molecule has 1 saturated heterocycles. The SMILES string of the molecule is C(=C(c1ccccc1)c1ccccc1)C1CCN(CCCCCCCCc2cccnc2)CC1. The van der Waals surface area contributed by atoms with Crippen molar-refractivity contribution in [3.8, 4) is 0 Å². The van der Waals surface area contributed by atoms with Crippen LogP contribution in [0.2, 0.25) is 0 Å². The molecule has 4 rings (SSSR count). The lowest BCUT2D eigenvalue weighted by Crippen LogP contribution is -2.34. The quantitative estimate of drug-likeness (QED) is 0.261. The van der Waals surface area contributed by atoms with E-state index in [-0.39, 0.29) is 0 Å². The number of hydrogen-bond donors (Lipinski definition) is 0. The standard InChI is InChI=1S/C32H40N2/c1(3-7-14-29-15-13-22-33-27-29)2-4-12-23-34-24-20-28(21-25-34)26-32(30-16-8-5-9-17-30)31-18-10-6-11-19-31/h5-6,8-11,13,15-19,22,26-28H,1-4,7,12,14,20-21,23-25H2. The molecule has 0 atom stereocenters. The van der Waals surface area contributed by atoms with Gasteiger partial charge in [-0.3, -0.25) is 4.98 Å². The molecule has 1 aliphatic rings. The molecule has 0 N–H and O–H groups in total. The molecule has 178 valence electrons. The zero-order valence-corrected chi connectivity index (χ0v) is 20.6. The van der Waals surface area contributed by atoms with Crippen molar-refractivity contribution in [2.24, 2.45) is 5.92 Å². The molecule has 0 bridgehead atoms. The molecule has 1 fully saturated rings. The normalized spacial score (nSPS) is 14.7. The van der Waals surface area contributed by atoms with Gasteiger partial charge in [-0.25, -0.2) is 0 Å². The number of allylic oxidation sites excluding steroid dienone is 1. The van der Waals surface area contributed by atoms with Crippen LogP contribution in [0.15, 0.2) is 91.3 Å². The van der Waals surface area contributed by atoms with Gasteiger partial charge in [-0.2, -0.15) is 0 Å². The highest BCUT2D eigenvalue weighted by Gasteiger charge is 2.18. The van der Waals surface area contributed by atoms with Gasteiger partial charge in [-0.05, 0) is 86.0 Å². The topological polar surface area (TPSA) is 16.1 Å². The van der Waals surface area contributed by atoms with Crippen LogP contribution >= 0.6 is 0 Å². The van der Waals surface area contributed by atoms with Crippen molar-refractivity contribution in [1.82, 2.24) is 9.88 Å². The molecule has 2 heterocycles. The van der Waals surface area contributed by atoms with Crippen LogP contribution in [0.5, 0.6) is 0 Å². The largest absolute Gasteiger partial charge is 0.303 e. The van der Waals surface area contributed by atoms with E-state index >= 15 is 0 Å². The fourth-order valence-corrected chi connectivity index (χ4v) is 5.09. The van der Waals surface area contributed by atoms with E-state index < -0.39 is 0 Å². The van der Waals surface area contributed by atoms with E-state index in [0.717, 1.165) is 0 Å². The first-order valence-corrected chi connectivity index (χ1v) is 13.3. The zero-order valence-electron chi connectivity index (χ0n) is 20.6. The van der Waals surface area contributed by atoms with E-state index in [9.17, 15) is 0 Å². The summed E-state index contributed by atoms with van der Waals surface area (Å²) in [5.41, 5.74) is 5.43. The zero-order chi connectivity index (χ0) is 23.3. The molecule has 2 heteroatoms. The first-order chi connectivity index (χ1) is 16.9. The number of hydrogen-bond acceptors (Lipinski definition) is 2. The maximum atomic E-state index is 4.21. The van der Waals surface area contributed by atoms with Crippen LogP contribution in [-0.2, 0) is 6.42 Å². The van der Waals surface area contributed by atoms with Gasteiger partial charge in [0.05, 0.1) is 0 Å². The predicted octanol–water partition coefficient (Wildman–Crippen LogP) is 7.81. The third-order valence-electron chi connectivity index (χ3n) is 7.12. The fraction of sp³-hybridized carbons (Fsp3) is 0.406. The van der Waals surface area contributed by atoms with E-state index in [1.807, 2.05) is 18.5 Å². The second kappa shape index (κ2) is 13.9. The Labute approximate surface area is 206 Å². The summed E-state index contributed by atoms with van der Waals surface area (Å²) in [6, 6.07) is 26.0. The first kappa shape index (κ1) is 24.4. The van der Waals surface area contributed by atoms with Crippen LogP contribution in [0, 0.1) is 5.92 Å². The van der Waals surface area contributed by atoms with Crippen molar-refractivity contribution in [2.45, 2.75) is 57.8 Å². The van der Waals surface area contributed by atoms with Crippen LogP contribution in [0.3, 0.4) is 0 Å². The van der Waals surface area contributed by atoms with Gasteiger partial charge in [-0.1, -0.05) is 98.5 Å². The third kappa shape index (κ3) is 7.95. The lowest BCUT2D eigenvalue weighted by Gasteiger charge is -2.31. The molecule has 0 amide bonds. The molecular formula is C32H40N2. The third-order valence-corrected chi connectivity index (χ3v) is 7.12. The molecule has 2 nitrogen and oxygen atoms in total. The monoisotopic (exact) mass is 452 g/mol. The van der Waals surface area contributed by atoms with Crippen LogP contribution < -0.4 is 0 Å². The van der Waals surface area contributed by atoms with Gasteiger partial charge in [0.25, 0.3) is 0 Å². The van der Waals surface area contributed by atoms with E-state index in [1.165, 1.54) is 99.7 Å². The fourth-order valence-electron chi connectivity index (χ4n) is 5.09. The highest BCUT2D eigenvalue weighted by Crippen LogP contribution is 2.28. The molecular weight excluding hydrogens is 412 g/mol. The number of piperidine rings is 1. The number of aromatic nitrogens is 1. The van der Waals surface area contributed by atoms with Crippen LogP contribution in [0.1, 0.15) is 68.1 Å². The van der Waals surface area contributed by atoms with Crippen LogP contribution in [0.25, 0.3) is 5.57 Å². The highest BCUT2D eigenvalue weighted by molar-refractivity contribution is 5.79. The van der Waals surface area contributed by atoms with Gasteiger partial charge in [-0.15, -0.1) is 0 Å². The number of rotatable bonds is 12. The Kier molecular flexibility index (Phi) is 9.96. The molecule has 0 aliphatic carbocycles. The maximum Gasteiger partial charge on any atom is 0.0299 e. The summed E-state index contributed by atoms with van der Waals surface area (Å²) in [7, 11) is 0. The van der Waals surface area contributed by atoms with Crippen LogP contribution in [-0.4, -0.2) is 29.5 Å². The number of pyridine rings is 1. The average Bonchev–Trinajstić information content (AvgIpc) is 2.91. The van der Waals surface area contributed by atoms with Crippen molar-refractivity contribution >= 4 is 5.57 Å². The molecule has 0 radical (unpaired) electrons. The van der Waals surface area contributed by atoms with Crippen molar-refractivity contribution in [1.29, 1.82) is 0 Å². The van der Waals surface area contributed by atoms with E-state index in [0.29, 0.717) is 5.92 Å². The molecule has 0 spiro atoms. The van der Waals surface area contributed by atoms with Gasteiger partial charge < -0.3 is 4.90 Å². The summed E-state index contributed by atoms with van der Waals surface area (Å²) in [6.07, 6.45) is 18.2. The molecule has 0 saturated carbocycles. The predicted molar refractivity (Wildman–Crippen MR) is 145 cm³/mol. The summed E-state index contributed by atoms with van der Waals surface area (Å²) in [6.45, 7) is 3.75. The molecule has 2 aromatic carbocycles. The first-order valence-electron chi connectivity index (χ1n) is 13.3. The summed E-state index contributed by atoms with van der Waals surface area (Å²) in [5, 5.41) is 0. The molecule has 1 aromatic heterocycles. The smallest absolute Gasteiger partial charge is 0.0299 e. The lowest BCUT2D eigenvalue weighted by atomic mass is 9.89. The Balaban J connectivity index is 1.14. The lowest BCUT2D eigenvalue weighted by molar-refractivity contribution is 0.199. The summed E-state index contributed by atoms with van der Waals surface area (Å²) < 4.78 is 0. The van der Waals surface area contributed by atoms with Crippen molar-refractivity contribution in [2.75, 3.05) is 19.6 Å². The van der Waals surface area contributed by atoms with Gasteiger partial charge in [0.1, 0.15) is 0 Å². The minimum absolute atomic E-state index is 0.673. The Morgan fingerprint density at radius 1 is 0.735 bits per heavy atom. The van der Waals surface area contributed by atoms with Gasteiger partial charge in [0, 0.05) is 12.4 Å². The van der Waals surface area contributed by atoms with Gasteiger partial charge in [0.2, 0.25) is 0 Å². The molecule has 0 unspecified atom stereocenters. The minimum Gasteiger partial charge on any atom is -0.303 e. The second-order valence-electron chi connectivity index (χ2n) is 9.72. The molecule has 34 heavy (non-hydrogen) atoms. The van der Waals surface area contributed by atoms with E-state index in [2.05, 4.69) is 82.7 Å². The van der Waals surface area contributed by atoms with Gasteiger partial charge >= 0.3 is 0 Å². The number of unbranched alkanes of at least 4 members (excludes halogenated alkanes) is 5. The second-order valence-corrected chi connectivity index (χ2v) is 9.72. The van der Waals surface area contributed by atoms with E-state index in [1.54, 1.807) is 0 Å². The van der Waals surface area contributed by atoms with Crippen molar-refractivity contribution in [3.05, 3.63) is 108 Å². The average molecular weight is 453 g/mol. The van der Waals surface area contributed by atoms with Crippen molar-refractivity contribution in [3.63, 3.8) is 0 Å². The summed E-state index contributed by atoms with van der Waals surface area (Å²) in [4.78, 5) is 6.90. The number of likely N-dealkylation sites (tertiary alicyclic amines) is 1. The Hall–Kier alpha value is -2.71. The highest BCUT2D eigenvalue weighted by atomic mass is 15.1. The Morgan fingerprint density at radius 2 is 1.35 bits per heavy atom. The number of benzene rings is 2.